The highest BCUT2D eigenvalue weighted by molar-refractivity contribution is 6.76. The summed E-state index contributed by atoms with van der Waals surface area (Å²) in [6, 6.07) is 1.36. The third-order valence-corrected chi connectivity index (χ3v) is 8.88. The molecule has 264 valence electrons. The second kappa shape index (κ2) is 14.1. The summed E-state index contributed by atoms with van der Waals surface area (Å²) in [5, 5.41) is 5.04. The number of alkyl halides is 6. The van der Waals surface area contributed by atoms with E-state index in [9.17, 15) is 40.3 Å². The van der Waals surface area contributed by atoms with Crippen LogP contribution in [-0.2, 0) is 30.4 Å². The molecule has 0 saturated heterocycles. The van der Waals surface area contributed by atoms with Crippen molar-refractivity contribution in [2.75, 3.05) is 11.9 Å². The topological polar surface area (TPSA) is 104 Å². The molecule has 3 heterocycles. The van der Waals surface area contributed by atoms with Gasteiger partial charge in [-0.2, -0.15) is 31.4 Å². The summed E-state index contributed by atoms with van der Waals surface area (Å²) in [7, 11) is -1.50. The zero-order valence-electron chi connectivity index (χ0n) is 26.3. The number of nitrogens with zero attached hydrogens (tertiary/aromatic N) is 5. The largest absolute Gasteiger partial charge is 0.423 e. The Labute approximate surface area is 273 Å². The van der Waals surface area contributed by atoms with E-state index in [1.54, 1.807) is 0 Å². The lowest BCUT2D eigenvalue weighted by atomic mass is 10.1. The van der Waals surface area contributed by atoms with E-state index >= 15 is 8.78 Å². The van der Waals surface area contributed by atoms with E-state index in [1.807, 2.05) is 0 Å². The van der Waals surface area contributed by atoms with Crippen molar-refractivity contribution in [1.82, 2.24) is 24.3 Å². The number of rotatable bonds is 11. The van der Waals surface area contributed by atoms with Crippen LogP contribution in [0.2, 0.25) is 25.7 Å². The molecule has 0 aliphatic rings. The van der Waals surface area contributed by atoms with E-state index in [2.05, 4.69) is 40.0 Å². The van der Waals surface area contributed by atoms with Crippen LogP contribution in [-0.4, -0.2) is 45.0 Å². The molecule has 0 spiro atoms. The normalized spacial score (nSPS) is 13.6. The Morgan fingerprint density at radius 1 is 1.00 bits per heavy atom. The molecule has 4 rings (SSSR count). The predicted molar refractivity (Wildman–Crippen MR) is 164 cm³/mol. The zero-order chi connectivity index (χ0) is 36.5. The van der Waals surface area contributed by atoms with Gasteiger partial charge in [-0.15, -0.1) is 0 Å². The first-order valence-electron chi connectivity index (χ1n) is 14.5. The molecule has 19 heteroatoms. The molecule has 3 aromatic heterocycles. The number of benzene rings is 1. The van der Waals surface area contributed by atoms with Gasteiger partial charge in [0, 0.05) is 39.8 Å². The van der Waals surface area contributed by atoms with Crippen LogP contribution in [0.1, 0.15) is 18.1 Å². The lowest BCUT2D eigenvalue weighted by Crippen LogP contribution is -2.34. The van der Waals surface area contributed by atoms with Crippen LogP contribution in [0.15, 0.2) is 58.4 Å². The van der Waals surface area contributed by atoms with Gasteiger partial charge in [0.05, 0.1) is 34.4 Å². The molecule has 0 amide bonds. The van der Waals surface area contributed by atoms with Crippen molar-refractivity contribution < 1.29 is 44.3 Å². The number of nitrogens with one attached hydrogen (secondary N) is 1. The van der Waals surface area contributed by atoms with Crippen molar-refractivity contribution in [3.8, 4) is 11.4 Å². The zero-order valence-corrected chi connectivity index (χ0v) is 27.3. The van der Waals surface area contributed by atoms with Crippen molar-refractivity contribution in [3.63, 3.8) is 0 Å². The molecule has 1 N–H and O–H groups in total. The van der Waals surface area contributed by atoms with Crippen LogP contribution in [0.3, 0.4) is 0 Å². The van der Waals surface area contributed by atoms with Crippen molar-refractivity contribution in [3.05, 3.63) is 92.3 Å². The van der Waals surface area contributed by atoms with Gasteiger partial charge in [0.25, 0.3) is 11.1 Å². The number of halogens is 9. The van der Waals surface area contributed by atoms with Crippen molar-refractivity contribution in [2.24, 2.45) is 0 Å². The van der Waals surface area contributed by atoms with Gasteiger partial charge in [0.15, 0.2) is 17.5 Å². The highest BCUT2D eigenvalue weighted by Crippen LogP contribution is 2.33. The van der Waals surface area contributed by atoms with Gasteiger partial charge in [-0.3, -0.25) is 9.59 Å². The first-order chi connectivity index (χ1) is 22.7. The van der Waals surface area contributed by atoms with Gasteiger partial charge < -0.3 is 14.6 Å². The fraction of sp³-hybridized carbons (Fsp3) is 0.367. The Hall–Kier alpha value is -4.52. The number of aromatic nitrogens is 5. The minimum Gasteiger partial charge on any atom is -0.374 e. The van der Waals surface area contributed by atoms with Crippen LogP contribution in [0.5, 0.6) is 0 Å². The number of allylic oxidation sites excluding steroid dienone is 1. The first-order valence-corrected chi connectivity index (χ1v) is 18.2. The lowest BCUT2D eigenvalue weighted by molar-refractivity contribution is -0.139. The fourth-order valence-electron chi connectivity index (χ4n) is 4.45. The molecular weight excluding hydrogens is 691 g/mol. The van der Waals surface area contributed by atoms with Crippen molar-refractivity contribution >= 4 is 24.5 Å². The molecular formula is C30H29F9N6O3Si. The molecule has 0 bridgehead atoms. The Morgan fingerprint density at radius 2 is 1.65 bits per heavy atom. The summed E-state index contributed by atoms with van der Waals surface area (Å²) in [5.74, 6) is -4.91. The van der Waals surface area contributed by atoms with E-state index in [0.717, 1.165) is 35.9 Å². The molecule has 0 unspecified atom stereocenters. The number of pyridine rings is 1. The average Bonchev–Trinajstić information content (AvgIpc) is 2.99. The molecule has 1 atom stereocenters. The molecule has 4 aromatic rings. The number of fused-ring (bicyclic) bond motifs is 1. The van der Waals surface area contributed by atoms with E-state index in [-0.39, 0.29) is 12.0 Å². The third kappa shape index (κ3) is 8.75. The van der Waals surface area contributed by atoms with Gasteiger partial charge in [0.2, 0.25) is 0 Å². The monoisotopic (exact) mass is 720 g/mol. The standard InChI is InChI=1S/C30H29F9N6O3Si/c1-16(43-21-14-42-45(15-48-9-10-49(2,3)4)28(47)23(21)30(37,38)39)20(31)6-8-44-7-5-17-11-19(24(32)25(33)22(17)27(44)46)26-40-12-18(13-41-26)29(34,35)36/h5-7,11-14,16,43H,8-10,15H2,1-4H3/b20-6-/t16-/m1/s1. The van der Waals surface area contributed by atoms with E-state index in [0.29, 0.717) is 29.3 Å². The van der Waals surface area contributed by atoms with Gasteiger partial charge in [-0.25, -0.2) is 27.8 Å². The molecule has 1 aromatic carbocycles. The number of ether oxygens (including phenoxy) is 1. The van der Waals surface area contributed by atoms with Crippen LogP contribution in [0.4, 0.5) is 45.2 Å². The molecule has 0 fully saturated rings. The summed E-state index contributed by atoms with van der Waals surface area (Å²) in [6.07, 6.45) is -6.52. The third-order valence-electron chi connectivity index (χ3n) is 7.17. The molecule has 9 nitrogen and oxygen atoms in total. The SMILES string of the molecule is C[C@@H](Nc1cnn(COCC[Si](C)(C)C)c(=O)c1C(F)(F)F)/C(F)=C/Cn1ccc2cc(-c3ncc(C(F)(F)F)cn3)c(F)c(F)c2c1=O. The molecule has 0 saturated carbocycles. The number of anilines is 1. The number of hydrogen-bond donors (Lipinski definition) is 1. The second-order valence-electron chi connectivity index (χ2n) is 12.1. The molecule has 49 heavy (non-hydrogen) atoms. The van der Waals surface area contributed by atoms with Crippen molar-refractivity contribution in [1.29, 1.82) is 0 Å². The first kappa shape index (κ1) is 37.3. The average molecular weight is 721 g/mol. The van der Waals surface area contributed by atoms with Crippen LogP contribution < -0.4 is 16.4 Å². The number of hydrogen-bond acceptors (Lipinski definition) is 7. The maximum Gasteiger partial charge on any atom is 0.423 e. The van der Waals surface area contributed by atoms with Gasteiger partial charge in [-0.1, -0.05) is 19.6 Å². The summed E-state index contributed by atoms with van der Waals surface area (Å²) in [4.78, 5) is 32.5. The quantitative estimate of drug-likeness (QED) is 0.101. The minimum atomic E-state index is -5.14. The van der Waals surface area contributed by atoms with Crippen LogP contribution in [0.25, 0.3) is 22.2 Å². The van der Waals surface area contributed by atoms with Gasteiger partial charge in [-0.05, 0) is 36.6 Å². The second-order valence-corrected chi connectivity index (χ2v) is 17.7. The Bertz CT molecular complexity index is 1990. The van der Waals surface area contributed by atoms with Gasteiger partial charge >= 0.3 is 12.4 Å². The molecule has 0 aliphatic heterocycles. The van der Waals surface area contributed by atoms with Crippen LogP contribution in [0, 0.1) is 11.6 Å². The summed E-state index contributed by atoms with van der Waals surface area (Å²) in [6.45, 7) is 6.48. The summed E-state index contributed by atoms with van der Waals surface area (Å²) >= 11 is 0. The maximum atomic E-state index is 15.1. The van der Waals surface area contributed by atoms with Crippen LogP contribution >= 0.6 is 0 Å². The van der Waals surface area contributed by atoms with E-state index in [1.165, 1.54) is 0 Å². The van der Waals surface area contributed by atoms with E-state index < -0.39 is 102 Å². The predicted octanol–water partition coefficient (Wildman–Crippen LogP) is 7.00. The lowest BCUT2D eigenvalue weighted by Gasteiger charge is -2.19. The maximum absolute atomic E-state index is 15.1. The molecule has 0 aliphatic carbocycles. The summed E-state index contributed by atoms with van der Waals surface area (Å²) < 4.78 is 132. The highest BCUT2D eigenvalue weighted by Gasteiger charge is 2.39. The van der Waals surface area contributed by atoms with Gasteiger partial charge in [0.1, 0.15) is 18.1 Å². The fourth-order valence-corrected chi connectivity index (χ4v) is 5.21. The molecule has 0 radical (unpaired) electrons. The minimum absolute atomic E-state index is 0.165. The van der Waals surface area contributed by atoms with Crippen molar-refractivity contribution in [2.45, 2.75) is 64.3 Å². The van der Waals surface area contributed by atoms with E-state index in [4.69, 9.17) is 4.74 Å². The Kier molecular flexibility index (Phi) is 10.8. The highest BCUT2D eigenvalue weighted by atomic mass is 28.3. The Morgan fingerprint density at radius 3 is 2.24 bits per heavy atom. The summed E-state index contributed by atoms with van der Waals surface area (Å²) in [5.41, 5.74) is -6.88. The smallest absolute Gasteiger partial charge is 0.374 e. The Balaban J connectivity index is 1.55.